The van der Waals surface area contributed by atoms with Crippen molar-refractivity contribution in [1.82, 2.24) is 61.4 Å². The molecule has 6 rings (SSSR count). The number of hydrogen-bond donors (Lipinski definition) is 7. The molecular weight excluding hydrogens is 1120 g/mol. The van der Waals surface area contributed by atoms with Crippen LogP contribution in [0.25, 0.3) is 0 Å². The van der Waals surface area contributed by atoms with E-state index in [1.807, 2.05) is 164 Å². The highest BCUT2D eigenvalue weighted by atomic mass is 16.5. The van der Waals surface area contributed by atoms with Crippen molar-refractivity contribution < 1.29 is 43.1 Å². The number of nitrogens with zero attached hydrogens (tertiary/aromatic N) is 5. The van der Waals surface area contributed by atoms with Crippen molar-refractivity contribution in [3.05, 3.63) is 119 Å². The molecule has 0 bridgehead atoms. The minimum Gasteiger partial charge on any atom is -0.462 e. The van der Waals surface area contributed by atoms with Crippen LogP contribution in [0.1, 0.15) is 166 Å². The van der Waals surface area contributed by atoms with Crippen molar-refractivity contribution in [1.29, 1.82) is 0 Å². The third-order valence-corrected chi connectivity index (χ3v) is 13.8. The summed E-state index contributed by atoms with van der Waals surface area (Å²) in [5.41, 5.74) is 5.93. The number of likely N-dealkylation sites (tertiary alicyclic amines) is 1. The average Bonchev–Trinajstić information content (AvgIpc) is 4.19. The summed E-state index contributed by atoms with van der Waals surface area (Å²) in [7, 11) is 5.98. The minimum absolute atomic E-state index is 0.00376. The third-order valence-electron chi connectivity index (χ3n) is 13.8. The predicted octanol–water partition coefficient (Wildman–Crippen LogP) is 8.05. The summed E-state index contributed by atoms with van der Waals surface area (Å²) in [6, 6.07) is 14.6. The number of aryl methyl sites for hydroxylation is 2. The zero-order chi connectivity index (χ0) is 66.5. The van der Waals surface area contributed by atoms with Gasteiger partial charge in [0.05, 0.1) is 36.6 Å². The van der Waals surface area contributed by atoms with Crippen molar-refractivity contribution in [2.45, 2.75) is 149 Å². The van der Waals surface area contributed by atoms with E-state index in [-0.39, 0.29) is 82.7 Å². The van der Waals surface area contributed by atoms with Gasteiger partial charge >= 0.3 is 5.97 Å². The van der Waals surface area contributed by atoms with E-state index >= 15 is 0 Å². The molecule has 6 amide bonds. The second kappa shape index (κ2) is 43.0. The molecule has 1 unspecified atom stereocenters. The molecule has 0 saturated carbocycles. The Morgan fingerprint density at radius 2 is 1.02 bits per heavy atom. The molecule has 0 radical (unpaired) electrons. The summed E-state index contributed by atoms with van der Waals surface area (Å²) in [4.78, 5) is 96.9. The Morgan fingerprint density at radius 1 is 0.557 bits per heavy atom. The first-order valence-electron chi connectivity index (χ1n) is 31.1. The average molecular weight is 1230 g/mol. The maximum Gasteiger partial charge on any atom is 0.339 e. The number of carbonyl (C=O) groups excluding carboxylic acids is 8. The molecule has 21 nitrogen and oxygen atoms in total. The van der Waals surface area contributed by atoms with Gasteiger partial charge in [-0.15, -0.1) is 0 Å². The molecule has 21 heteroatoms. The van der Waals surface area contributed by atoms with Crippen LogP contribution in [0.5, 0.6) is 0 Å². The van der Waals surface area contributed by atoms with Crippen molar-refractivity contribution in [2.24, 2.45) is 61.4 Å². The van der Waals surface area contributed by atoms with Crippen molar-refractivity contribution in [3.8, 4) is 0 Å². The molecule has 4 aromatic rings. The number of Topliss-reactive ketones (excluding diaryl/α,β-unsaturated/α-hetero) is 1. The number of benzene rings is 1. The Morgan fingerprint density at radius 3 is 1.43 bits per heavy atom. The molecule has 2 saturated heterocycles. The number of ketones is 1. The van der Waals surface area contributed by atoms with E-state index in [0.717, 1.165) is 54.1 Å². The molecule has 2 aliphatic heterocycles. The topological polar surface area (TPSA) is 269 Å². The van der Waals surface area contributed by atoms with E-state index in [0.29, 0.717) is 62.3 Å². The summed E-state index contributed by atoms with van der Waals surface area (Å²) in [6.45, 7) is 37.3. The molecule has 5 heterocycles. The summed E-state index contributed by atoms with van der Waals surface area (Å²) in [5, 5.41) is 24.5. The highest BCUT2D eigenvalue weighted by Gasteiger charge is 2.20. The molecular formula is C67H108N12O9. The summed E-state index contributed by atoms with van der Waals surface area (Å²) in [6.07, 6.45) is 11.3. The van der Waals surface area contributed by atoms with Crippen LogP contribution in [0.4, 0.5) is 0 Å². The fourth-order valence-electron chi connectivity index (χ4n) is 7.74. The molecule has 2 fully saturated rings. The first-order chi connectivity index (χ1) is 41.5. The number of aromatic nitrogens is 4. The van der Waals surface area contributed by atoms with Gasteiger partial charge in [-0.05, 0) is 87.6 Å². The smallest absolute Gasteiger partial charge is 0.339 e. The molecule has 7 N–H and O–H groups in total. The molecule has 3 aromatic heterocycles. The third kappa shape index (κ3) is 34.0. The number of piperidine rings is 1. The lowest BCUT2D eigenvalue weighted by Gasteiger charge is -2.29. The Labute approximate surface area is 525 Å². The van der Waals surface area contributed by atoms with Crippen molar-refractivity contribution in [3.63, 3.8) is 0 Å². The Hall–Kier alpha value is -7.68. The second-order valence-corrected chi connectivity index (χ2v) is 23.9. The maximum atomic E-state index is 11.4. The lowest BCUT2D eigenvalue weighted by molar-refractivity contribution is -0.125. The van der Waals surface area contributed by atoms with Gasteiger partial charge in [0.2, 0.25) is 35.4 Å². The lowest BCUT2D eigenvalue weighted by atomic mass is 9.97. The number of hydrogen-bond acceptors (Lipinski definition) is 13. The van der Waals surface area contributed by atoms with Gasteiger partial charge in [0.1, 0.15) is 0 Å². The van der Waals surface area contributed by atoms with E-state index in [2.05, 4.69) is 65.8 Å². The van der Waals surface area contributed by atoms with Gasteiger partial charge in [-0.2, -0.15) is 5.10 Å². The normalized spacial score (nSPS) is 13.6. The number of pyridine rings is 1. The van der Waals surface area contributed by atoms with Gasteiger partial charge in [0.25, 0.3) is 0 Å². The summed E-state index contributed by atoms with van der Waals surface area (Å²) < 4.78 is 8.54. The number of esters is 1. The molecule has 1 atom stereocenters. The van der Waals surface area contributed by atoms with Gasteiger partial charge in [0.15, 0.2) is 5.78 Å². The zero-order valence-corrected chi connectivity index (χ0v) is 56.1. The number of ether oxygens (including phenoxy) is 1. The molecule has 0 spiro atoms. The molecule has 1 aromatic carbocycles. The molecule has 0 aliphatic carbocycles. The number of nitrogens with one attached hydrogen (secondary N) is 7. The summed E-state index contributed by atoms with van der Waals surface area (Å²) in [5.74, 6) is 1.57. The highest BCUT2D eigenvalue weighted by Crippen LogP contribution is 2.17. The van der Waals surface area contributed by atoms with Crippen LogP contribution in [-0.4, -0.2) is 118 Å². The first kappa shape index (κ1) is 78.3. The molecule has 490 valence electrons. The van der Waals surface area contributed by atoms with Gasteiger partial charge in [-0.1, -0.05) is 121 Å². The quantitative estimate of drug-likeness (QED) is 0.0290. The Bertz CT molecular complexity index is 2660. The Kier molecular flexibility index (Phi) is 38.3. The van der Waals surface area contributed by atoms with Crippen LogP contribution >= 0.6 is 0 Å². The standard InChI is InChI=1S/C14H19NO2.C13H18N2O3.C11H22N2O.C10H16N2O.C10H18N2O.C9H15N3O/c1-4-13(16)12-7-5-11(6-8-12)9-15-14(17)10(2)3;1-4-18-13(17)10-5-6-11(14-7-10)8-15-12(16)9(2)3;1-9(2)11(14)12-8-10-4-6-13(3)7-5-10;1-8(2)10(13)11-6-9-4-5-12(3)7-9;1-7(2)10(13)12-6-9-4-5-11-8(9)3;1-7(2)9(13)10-6-8-4-5-12(3)11-8/h5-8,10H,4,9H2,1-3H3,(H,15,17);5-7,9H,4,8H2,1-3H3,(H,15,16);9-10H,4-8H2,1-3H3,(H,12,14);4-5,7-8H,6H2,1-3H3,(H,11,13);7,9,11H,3-6H2,1-2H3,(H,12,13);4-5,7H,6H2,1-3H3,(H,10,13). The predicted molar refractivity (Wildman–Crippen MR) is 348 cm³/mol. The second-order valence-electron chi connectivity index (χ2n) is 23.9. The van der Waals surface area contributed by atoms with E-state index in [1.54, 1.807) is 23.7 Å². The first-order valence-corrected chi connectivity index (χ1v) is 31.1. The molecule has 88 heavy (non-hydrogen) atoms. The van der Waals surface area contributed by atoms with Crippen LogP contribution in [0.3, 0.4) is 0 Å². The maximum absolute atomic E-state index is 11.4. The van der Waals surface area contributed by atoms with Gasteiger partial charge in [-0.25, -0.2) is 4.79 Å². The fraction of sp³-hybridized carbons (Fsp3) is 0.582. The van der Waals surface area contributed by atoms with Gasteiger partial charge in [-0.3, -0.25) is 43.2 Å². The van der Waals surface area contributed by atoms with Crippen molar-refractivity contribution >= 4 is 47.2 Å². The number of rotatable bonds is 22. The molecule has 2 aliphatic rings. The van der Waals surface area contributed by atoms with Gasteiger partial charge < -0.3 is 51.4 Å². The number of carbonyl (C=O) groups is 8. The van der Waals surface area contributed by atoms with E-state index in [9.17, 15) is 38.4 Å². The zero-order valence-electron chi connectivity index (χ0n) is 56.1. The van der Waals surface area contributed by atoms with Crippen LogP contribution in [0, 0.1) is 47.3 Å². The monoisotopic (exact) mass is 1220 g/mol. The number of amides is 6. The van der Waals surface area contributed by atoms with Gasteiger partial charge in [0, 0.05) is 131 Å². The lowest BCUT2D eigenvalue weighted by Crippen LogP contribution is -2.38. The van der Waals surface area contributed by atoms with Crippen molar-refractivity contribution in [2.75, 3.05) is 46.4 Å². The van der Waals surface area contributed by atoms with E-state index < -0.39 is 0 Å². The van der Waals surface area contributed by atoms with Crippen LogP contribution < -0.4 is 37.2 Å². The Balaban J connectivity index is 0.000000531. The van der Waals surface area contributed by atoms with E-state index in [4.69, 9.17) is 4.74 Å². The summed E-state index contributed by atoms with van der Waals surface area (Å²) >= 11 is 0. The van der Waals surface area contributed by atoms with Crippen LogP contribution in [0.15, 0.2) is 85.6 Å². The largest absolute Gasteiger partial charge is 0.462 e. The highest BCUT2D eigenvalue weighted by molar-refractivity contribution is 5.95. The minimum atomic E-state index is -0.386. The van der Waals surface area contributed by atoms with E-state index in [1.165, 1.54) is 32.1 Å². The van der Waals surface area contributed by atoms with Crippen LogP contribution in [0.2, 0.25) is 0 Å². The van der Waals surface area contributed by atoms with Crippen LogP contribution in [-0.2, 0) is 73.8 Å². The fourth-order valence-corrected chi connectivity index (χ4v) is 7.74. The SMILES string of the molecule is C=C1NCCC1CNC(=O)C(C)C.CC(C)C(=O)NCC1CCN(C)CC1.CC(C)C(=O)NCc1ccn(C)c1.CC(C)C(=O)NCc1ccn(C)n1.CCC(=O)c1ccc(CNC(=O)C(C)C)cc1.CCOC(=O)c1ccc(CNC(=O)C(C)C)nc1.